The van der Waals surface area contributed by atoms with Crippen molar-refractivity contribution in [3.05, 3.63) is 11.1 Å². The van der Waals surface area contributed by atoms with Gasteiger partial charge in [-0.3, -0.25) is 9.69 Å². The van der Waals surface area contributed by atoms with E-state index in [9.17, 15) is 9.59 Å². The number of amides is 3. The summed E-state index contributed by atoms with van der Waals surface area (Å²) in [5.74, 6) is 0.121. The van der Waals surface area contributed by atoms with E-state index in [1.165, 1.54) is 43.4 Å². The fourth-order valence-corrected chi connectivity index (χ4v) is 5.14. The highest BCUT2D eigenvalue weighted by Crippen LogP contribution is 2.26. The summed E-state index contributed by atoms with van der Waals surface area (Å²) in [5, 5.41) is 5.41. The maximum Gasteiger partial charge on any atom is 0.323 e. The summed E-state index contributed by atoms with van der Waals surface area (Å²) >= 11 is 1.43. The molecule has 1 aromatic rings. The molecule has 0 atom stereocenters. The Morgan fingerprint density at radius 3 is 2.61 bits per heavy atom. The number of rotatable bonds is 5. The van der Waals surface area contributed by atoms with Gasteiger partial charge in [0, 0.05) is 31.6 Å². The Hall–Kier alpha value is -1.67. The zero-order valence-corrected chi connectivity index (χ0v) is 17.2. The minimum absolute atomic E-state index is 0.0986. The number of carbonyl (C=O) groups excluding carboxylic acids is 2. The van der Waals surface area contributed by atoms with Crippen LogP contribution in [0.25, 0.3) is 0 Å². The van der Waals surface area contributed by atoms with Crippen molar-refractivity contribution in [2.75, 3.05) is 31.1 Å². The summed E-state index contributed by atoms with van der Waals surface area (Å²) in [6.45, 7) is 2.93. The van der Waals surface area contributed by atoms with Gasteiger partial charge in [0.1, 0.15) is 0 Å². The number of thiazole rings is 1. The molecule has 0 unspecified atom stereocenters. The van der Waals surface area contributed by atoms with Gasteiger partial charge in [0.25, 0.3) is 0 Å². The molecule has 0 aromatic carbocycles. The van der Waals surface area contributed by atoms with Crippen LogP contribution in [0.1, 0.15) is 57.1 Å². The van der Waals surface area contributed by atoms with Gasteiger partial charge in [-0.15, -0.1) is 11.3 Å². The van der Waals surface area contributed by atoms with E-state index in [-0.39, 0.29) is 11.9 Å². The lowest BCUT2D eigenvalue weighted by Crippen LogP contribution is -2.46. The lowest BCUT2D eigenvalue weighted by molar-refractivity contribution is -0.134. The summed E-state index contributed by atoms with van der Waals surface area (Å²) in [6.07, 6.45) is 10.1. The minimum atomic E-state index is -0.0986. The molecule has 154 valence electrons. The van der Waals surface area contributed by atoms with E-state index >= 15 is 0 Å². The van der Waals surface area contributed by atoms with Gasteiger partial charge >= 0.3 is 6.03 Å². The quantitative estimate of drug-likeness (QED) is 0.816. The Balaban J connectivity index is 1.24. The average Bonchev–Trinajstić information content (AvgIpc) is 3.18. The highest BCUT2D eigenvalue weighted by molar-refractivity contribution is 7.14. The molecule has 28 heavy (non-hydrogen) atoms. The largest absolute Gasteiger partial charge is 0.375 e. The highest BCUT2D eigenvalue weighted by Gasteiger charge is 2.27. The third-order valence-corrected chi connectivity index (χ3v) is 6.83. The van der Waals surface area contributed by atoms with Crippen molar-refractivity contribution in [3.8, 4) is 0 Å². The summed E-state index contributed by atoms with van der Waals surface area (Å²) in [5.41, 5.74) is 0.754. The molecule has 1 N–H and O–H groups in total. The molecule has 3 aliphatic rings. The number of urea groups is 1. The van der Waals surface area contributed by atoms with Crippen LogP contribution in [0, 0.1) is 0 Å². The summed E-state index contributed by atoms with van der Waals surface area (Å²) in [7, 11) is 0. The van der Waals surface area contributed by atoms with Gasteiger partial charge in [-0.1, -0.05) is 19.3 Å². The van der Waals surface area contributed by atoms with Gasteiger partial charge in [-0.25, -0.2) is 9.78 Å². The van der Waals surface area contributed by atoms with E-state index in [0.29, 0.717) is 36.8 Å². The fourth-order valence-electron chi connectivity index (χ4n) is 4.29. The number of ether oxygens (including phenoxy) is 1. The second-order valence-corrected chi connectivity index (χ2v) is 8.85. The molecule has 1 saturated carbocycles. The highest BCUT2D eigenvalue weighted by atomic mass is 32.1. The Labute approximate surface area is 170 Å². The van der Waals surface area contributed by atoms with E-state index in [4.69, 9.17) is 4.74 Å². The van der Waals surface area contributed by atoms with E-state index in [2.05, 4.69) is 10.3 Å². The van der Waals surface area contributed by atoms with Crippen LogP contribution in [-0.2, 0) is 16.0 Å². The van der Waals surface area contributed by atoms with Crippen LogP contribution < -0.4 is 10.2 Å². The van der Waals surface area contributed by atoms with Crippen LogP contribution in [0.4, 0.5) is 9.93 Å². The van der Waals surface area contributed by atoms with Crippen LogP contribution in [0.15, 0.2) is 5.38 Å². The number of anilines is 1. The number of aromatic nitrogens is 1. The molecular formula is C20H30N4O3S. The number of hydrogen-bond acceptors (Lipinski definition) is 5. The molecule has 1 aromatic heterocycles. The molecule has 3 amide bonds. The van der Waals surface area contributed by atoms with Gasteiger partial charge in [-0.2, -0.15) is 0 Å². The number of piperidine rings is 1. The van der Waals surface area contributed by atoms with Crippen molar-refractivity contribution in [2.45, 2.75) is 70.0 Å². The van der Waals surface area contributed by atoms with E-state index in [0.717, 1.165) is 38.0 Å². The third kappa shape index (κ3) is 4.84. The van der Waals surface area contributed by atoms with Crippen molar-refractivity contribution in [1.82, 2.24) is 15.2 Å². The zero-order chi connectivity index (χ0) is 19.3. The Bertz CT molecular complexity index is 681. The van der Waals surface area contributed by atoms with Gasteiger partial charge in [0.05, 0.1) is 24.3 Å². The first-order valence-electron chi connectivity index (χ1n) is 10.6. The van der Waals surface area contributed by atoms with E-state index in [1.54, 1.807) is 4.90 Å². The molecule has 3 heterocycles. The van der Waals surface area contributed by atoms with Gasteiger partial charge in [-0.05, 0) is 32.1 Å². The summed E-state index contributed by atoms with van der Waals surface area (Å²) in [4.78, 5) is 32.7. The topological polar surface area (TPSA) is 74.8 Å². The number of carbonyl (C=O) groups is 2. The minimum Gasteiger partial charge on any atom is -0.375 e. The number of hydrogen-bond donors (Lipinski definition) is 1. The standard InChI is InChI=1S/C20H30N4O3S/c25-18(13-15-14-28-20(22-15)24-10-4-9-21-19(24)26)23-11-7-17(8-12-23)27-16-5-2-1-3-6-16/h14,16-17H,1-13H2,(H,21,26). The Morgan fingerprint density at radius 2 is 1.86 bits per heavy atom. The smallest absolute Gasteiger partial charge is 0.323 e. The lowest BCUT2D eigenvalue weighted by atomic mass is 9.97. The second kappa shape index (κ2) is 9.22. The Morgan fingerprint density at radius 1 is 1.11 bits per heavy atom. The van der Waals surface area contributed by atoms with E-state index in [1.807, 2.05) is 10.3 Å². The normalized spacial score (nSPS) is 22.4. The predicted molar refractivity (Wildman–Crippen MR) is 109 cm³/mol. The third-order valence-electron chi connectivity index (χ3n) is 5.91. The van der Waals surface area contributed by atoms with Crippen LogP contribution >= 0.6 is 11.3 Å². The van der Waals surface area contributed by atoms with E-state index < -0.39 is 0 Å². The van der Waals surface area contributed by atoms with Crippen molar-refractivity contribution in [2.24, 2.45) is 0 Å². The molecule has 0 bridgehead atoms. The van der Waals surface area contributed by atoms with Crippen molar-refractivity contribution >= 4 is 28.4 Å². The maximum atomic E-state index is 12.7. The first-order chi connectivity index (χ1) is 13.7. The summed E-state index contributed by atoms with van der Waals surface area (Å²) < 4.78 is 6.27. The molecular weight excluding hydrogens is 376 g/mol. The van der Waals surface area contributed by atoms with Crippen LogP contribution in [0.5, 0.6) is 0 Å². The first kappa shape index (κ1) is 19.6. The Kier molecular flexibility index (Phi) is 6.47. The number of nitrogens with zero attached hydrogens (tertiary/aromatic N) is 3. The van der Waals surface area contributed by atoms with Gasteiger partial charge in [0.15, 0.2) is 5.13 Å². The molecule has 2 aliphatic heterocycles. The zero-order valence-electron chi connectivity index (χ0n) is 16.4. The molecule has 0 radical (unpaired) electrons. The van der Waals surface area contributed by atoms with Crippen LogP contribution in [-0.4, -0.2) is 60.2 Å². The van der Waals surface area contributed by atoms with Crippen molar-refractivity contribution < 1.29 is 14.3 Å². The summed E-state index contributed by atoms with van der Waals surface area (Å²) in [6, 6.07) is -0.0986. The number of likely N-dealkylation sites (tertiary alicyclic amines) is 1. The maximum absolute atomic E-state index is 12.7. The fraction of sp³-hybridized carbons (Fsp3) is 0.750. The molecule has 8 heteroatoms. The second-order valence-electron chi connectivity index (χ2n) is 8.01. The van der Waals surface area contributed by atoms with Crippen LogP contribution in [0.3, 0.4) is 0 Å². The predicted octanol–water partition coefficient (Wildman–Crippen LogP) is 2.95. The molecule has 4 rings (SSSR count). The molecule has 2 saturated heterocycles. The van der Waals surface area contributed by atoms with Crippen molar-refractivity contribution in [3.63, 3.8) is 0 Å². The molecule has 3 fully saturated rings. The average molecular weight is 407 g/mol. The van der Waals surface area contributed by atoms with Gasteiger partial charge < -0.3 is 15.0 Å². The monoisotopic (exact) mass is 406 g/mol. The first-order valence-corrected chi connectivity index (χ1v) is 11.5. The van der Waals surface area contributed by atoms with Crippen LogP contribution in [0.2, 0.25) is 0 Å². The molecule has 0 spiro atoms. The number of nitrogens with one attached hydrogen (secondary N) is 1. The lowest BCUT2D eigenvalue weighted by Gasteiger charge is -2.35. The van der Waals surface area contributed by atoms with Gasteiger partial charge in [0.2, 0.25) is 5.91 Å². The SMILES string of the molecule is O=C(Cc1csc(N2CCCNC2=O)n1)N1CCC(OC2CCCCC2)CC1. The molecule has 7 nitrogen and oxygen atoms in total. The molecule has 1 aliphatic carbocycles. The van der Waals surface area contributed by atoms with Crippen molar-refractivity contribution in [1.29, 1.82) is 0 Å².